The van der Waals surface area contributed by atoms with Crippen LogP contribution in [0, 0.1) is 0 Å². The topological polar surface area (TPSA) is 104 Å². The van der Waals surface area contributed by atoms with Crippen LogP contribution in [-0.4, -0.2) is 55.1 Å². The summed E-state index contributed by atoms with van der Waals surface area (Å²) < 4.78 is 15.2. The number of hydrogen-bond donors (Lipinski definition) is 1. The van der Waals surface area contributed by atoms with Gasteiger partial charge < -0.3 is 14.2 Å². The summed E-state index contributed by atoms with van der Waals surface area (Å²) in [6.45, 7) is 5.92. The zero-order valence-electron chi connectivity index (χ0n) is 19.2. The molecule has 32 heavy (non-hydrogen) atoms. The Hall–Kier alpha value is -3.00. The van der Waals surface area contributed by atoms with Crippen molar-refractivity contribution in [1.82, 2.24) is 10.3 Å². The van der Waals surface area contributed by atoms with E-state index in [9.17, 15) is 14.4 Å². The molecule has 0 amide bonds. The smallest absolute Gasteiger partial charge is 0.340 e. The first-order chi connectivity index (χ1) is 15.1. The van der Waals surface area contributed by atoms with Gasteiger partial charge in [-0.1, -0.05) is 0 Å². The van der Waals surface area contributed by atoms with Gasteiger partial charge in [-0.3, -0.25) is 19.9 Å². The van der Waals surface area contributed by atoms with Crippen molar-refractivity contribution in [2.24, 2.45) is 0 Å². The van der Waals surface area contributed by atoms with E-state index in [4.69, 9.17) is 14.5 Å². The van der Waals surface area contributed by atoms with Crippen LogP contribution in [0.15, 0.2) is 24.3 Å². The lowest BCUT2D eigenvalue weighted by atomic mass is 10.1. The Kier molecular flexibility index (Phi) is 7.13. The first kappa shape index (κ1) is 23.7. The van der Waals surface area contributed by atoms with E-state index in [2.05, 4.69) is 10.1 Å². The van der Waals surface area contributed by atoms with Crippen molar-refractivity contribution < 1.29 is 28.6 Å². The molecule has 1 aliphatic carbocycles. The molecule has 0 unspecified atom stereocenters. The number of nitrogens with one attached hydrogen (secondary N) is 1. The van der Waals surface area contributed by atoms with Gasteiger partial charge >= 0.3 is 11.9 Å². The lowest BCUT2D eigenvalue weighted by Gasteiger charge is -2.20. The molecule has 1 atom stereocenters. The van der Waals surface area contributed by atoms with Gasteiger partial charge in [0.25, 0.3) is 0 Å². The average Bonchev–Trinajstić information content (AvgIpc) is 3.51. The molecule has 2 aliphatic rings. The predicted octanol–water partition coefficient (Wildman–Crippen LogP) is 3.17. The highest BCUT2D eigenvalue weighted by Gasteiger charge is 2.32. The third kappa shape index (κ3) is 6.03. The molecule has 8 heteroatoms. The molecule has 0 spiro atoms. The van der Waals surface area contributed by atoms with E-state index in [1.165, 1.54) is 7.11 Å². The zero-order valence-corrected chi connectivity index (χ0v) is 19.2. The van der Waals surface area contributed by atoms with Crippen LogP contribution in [0.2, 0.25) is 0 Å². The molecule has 1 aliphatic heterocycles. The van der Waals surface area contributed by atoms with Crippen molar-refractivity contribution in [3.63, 3.8) is 0 Å². The predicted molar refractivity (Wildman–Crippen MR) is 119 cm³/mol. The molecule has 2 aromatic rings. The van der Waals surface area contributed by atoms with Gasteiger partial charge in [0.1, 0.15) is 23.2 Å². The second-order valence-electron chi connectivity index (χ2n) is 8.96. The number of methoxy groups -OCH3 is 2. The van der Waals surface area contributed by atoms with Crippen molar-refractivity contribution >= 4 is 28.6 Å². The minimum Gasteiger partial charge on any atom is -0.497 e. The van der Waals surface area contributed by atoms with Crippen molar-refractivity contribution in [2.75, 3.05) is 20.8 Å². The molecule has 2 fully saturated rings. The van der Waals surface area contributed by atoms with Crippen molar-refractivity contribution in [3.05, 3.63) is 35.5 Å². The standard InChI is InChI=1S/C18H21NO3.C6H9NO3/c1-18(2,3)22-17(20)14-9-12-7-8-13(21-4)10-15(12)19-16(14)11-5-6-11;1-10-6(9)5-2-4(8)3-7-5/h7-11H,5-6H2,1-4H3;5,7H,2-3H2,1H3/t;5-/m.0/s1. The summed E-state index contributed by atoms with van der Waals surface area (Å²) >= 11 is 0. The molecule has 8 nitrogen and oxygen atoms in total. The first-order valence-corrected chi connectivity index (χ1v) is 10.7. The Labute approximate surface area is 187 Å². The van der Waals surface area contributed by atoms with Crippen LogP contribution >= 0.6 is 0 Å². The third-order valence-electron chi connectivity index (χ3n) is 5.10. The first-order valence-electron chi connectivity index (χ1n) is 10.7. The Morgan fingerprint density at radius 2 is 1.84 bits per heavy atom. The van der Waals surface area contributed by atoms with Crippen molar-refractivity contribution in [2.45, 2.75) is 57.6 Å². The second kappa shape index (κ2) is 9.65. The number of aromatic nitrogens is 1. The maximum absolute atomic E-state index is 12.5. The zero-order chi connectivity index (χ0) is 23.5. The number of carbonyl (C=O) groups is 3. The van der Waals surface area contributed by atoms with Gasteiger partial charge in [0.15, 0.2) is 0 Å². The summed E-state index contributed by atoms with van der Waals surface area (Å²) in [5.74, 6) is 0.561. The van der Waals surface area contributed by atoms with Gasteiger partial charge in [0.05, 0.1) is 37.5 Å². The molecule has 1 saturated carbocycles. The number of pyridine rings is 1. The molecule has 4 rings (SSSR count). The third-order valence-corrected chi connectivity index (χ3v) is 5.10. The minimum atomic E-state index is -0.507. The highest BCUT2D eigenvalue weighted by Crippen LogP contribution is 2.42. The Morgan fingerprint density at radius 1 is 1.12 bits per heavy atom. The van der Waals surface area contributed by atoms with Gasteiger partial charge in [-0.25, -0.2) is 4.79 Å². The fourth-order valence-electron chi connectivity index (χ4n) is 3.37. The Morgan fingerprint density at radius 3 is 2.38 bits per heavy atom. The maximum atomic E-state index is 12.5. The summed E-state index contributed by atoms with van der Waals surface area (Å²) in [4.78, 5) is 38.5. The average molecular weight is 443 g/mol. The number of nitrogens with zero attached hydrogens (tertiary/aromatic N) is 1. The Bertz CT molecular complexity index is 1020. The number of carbonyl (C=O) groups excluding carboxylic acids is 3. The maximum Gasteiger partial charge on any atom is 0.340 e. The minimum absolute atomic E-state index is 0.0652. The summed E-state index contributed by atoms with van der Waals surface area (Å²) in [5, 5.41) is 3.66. The van der Waals surface area contributed by atoms with Crippen molar-refractivity contribution in [1.29, 1.82) is 0 Å². The molecule has 172 valence electrons. The van der Waals surface area contributed by atoms with E-state index in [0.29, 0.717) is 18.0 Å². The van der Waals surface area contributed by atoms with E-state index in [0.717, 1.165) is 35.2 Å². The number of esters is 2. The summed E-state index contributed by atoms with van der Waals surface area (Å²) in [7, 11) is 2.95. The van der Waals surface area contributed by atoms with E-state index in [1.54, 1.807) is 7.11 Å². The fourth-order valence-corrected chi connectivity index (χ4v) is 3.37. The summed E-state index contributed by atoms with van der Waals surface area (Å²) in [5.41, 5.74) is 1.80. The van der Waals surface area contributed by atoms with Crippen LogP contribution < -0.4 is 10.1 Å². The van der Waals surface area contributed by atoms with E-state index < -0.39 is 11.6 Å². The highest BCUT2D eigenvalue weighted by molar-refractivity contribution is 5.96. The van der Waals surface area contributed by atoms with E-state index in [-0.39, 0.29) is 24.1 Å². The van der Waals surface area contributed by atoms with Crippen LogP contribution in [0.3, 0.4) is 0 Å². The number of rotatable bonds is 4. The summed E-state index contributed by atoms with van der Waals surface area (Å²) in [6, 6.07) is 7.19. The fraction of sp³-hybridized carbons (Fsp3) is 0.500. The van der Waals surface area contributed by atoms with Gasteiger partial charge in [-0.2, -0.15) is 0 Å². The molecule has 0 radical (unpaired) electrons. The second-order valence-corrected chi connectivity index (χ2v) is 8.96. The highest BCUT2D eigenvalue weighted by atomic mass is 16.6. The molecule has 2 heterocycles. The number of ether oxygens (including phenoxy) is 3. The van der Waals surface area contributed by atoms with Crippen LogP contribution in [0.1, 0.15) is 62.0 Å². The summed E-state index contributed by atoms with van der Waals surface area (Å²) in [6.07, 6.45) is 2.43. The van der Waals surface area contributed by atoms with Crippen LogP contribution in [-0.2, 0) is 19.1 Å². The van der Waals surface area contributed by atoms with E-state index in [1.807, 2.05) is 45.0 Å². The number of hydrogen-bond acceptors (Lipinski definition) is 8. The molecule has 0 bridgehead atoms. The molecule has 1 aromatic heterocycles. The Balaban J connectivity index is 0.000000243. The van der Waals surface area contributed by atoms with Gasteiger partial charge in [0.2, 0.25) is 0 Å². The van der Waals surface area contributed by atoms with Gasteiger partial charge in [-0.05, 0) is 51.8 Å². The normalized spacial score (nSPS) is 18.0. The van der Waals surface area contributed by atoms with Crippen molar-refractivity contribution in [3.8, 4) is 5.75 Å². The molecule has 1 saturated heterocycles. The number of ketones is 1. The van der Waals surface area contributed by atoms with Crippen LogP contribution in [0.25, 0.3) is 10.9 Å². The molecular formula is C24H30N2O6. The number of Topliss-reactive ketones (excluding diaryl/α,β-unsaturated/α-hetero) is 1. The molecule has 1 aromatic carbocycles. The largest absolute Gasteiger partial charge is 0.497 e. The van der Waals surface area contributed by atoms with Gasteiger partial charge in [0, 0.05) is 23.8 Å². The number of benzene rings is 1. The van der Waals surface area contributed by atoms with Crippen LogP contribution in [0.4, 0.5) is 0 Å². The molecule has 1 N–H and O–H groups in total. The van der Waals surface area contributed by atoms with E-state index >= 15 is 0 Å². The monoisotopic (exact) mass is 442 g/mol. The lowest BCUT2D eigenvalue weighted by Crippen LogP contribution is -2.31. The quantitative estimate of drug-likeness (QED) is 0.720. The van der Waals surface area contributed by atoms with Gasteiger partial charge in [-0.15, -0.1) is 0 Å². The number of fused-ring (bicyclic) bond motifs is 1. The van der Waals surface area contributed by atoms with Crippen LogP contribution in [0.5, 0.6) is 5.75 Å². The SMILES string of the molecule is COC(=O)[C@@H]1CC(=O)CN1.COc1ccc2cc(C(=O)OC(C)(C)C)c(C3CC3)nc2c1. The molecular weight excluding hydrogens is 412 g/mol. The lowest BCUT2D eigenvalue weighted by molar-refractivity contribution is -0.143.